The van der Waals surface area contributed by atoms with E-state index < -0.39 is 0 Å². The minimum Gasteiger partial charge on any atom is -0.369 e. The number of carbonyl (C=O) groups excluding carboxylic acids is 2. The highest BCUT2D eigenvalue weighted by Gasteiger charge is 2.28. The van der Waals surface area contributed by atoms with Gasteiger partial charge >= 0.3 is 0 Å². The third-order valence-electron chi connectivity index (χ3n) is 4.75. The van der Waals surface area contributed by atoms with Gasteiger partial charge < -0.3 is 11.1 Å². The van der Waals surface area contributed by atoms with Crippen LogP contribution in [-0.4, -0.2) is 18.4 Å². The molecule has 2 aromatic rings. The van der Waals surface area contributed by atoms with Crippen molar-refractivity contribution in [3.63, 3.8) is 0 Å². The minimum absolute atomic E-state index is 0.0305. The van der Waals surface area contributed by atoms with Gasteiger partial charge in [0.05, 0.1) is 0 Å². The van der Waals surface area contributed by atoms with Crippen LogP contribution in [0.2, 0.25) is 0 Å². The third kappa shape index (κ3) is 3.82. The van der Waals surface area contributed by atoms with Crippen LogP contribution in [0.5, 0.6) is 0 Å². The van der Waals surface area contributed by atoms with Crippen molar-refractivity contribution >= 4 is 11.8 Å². The molecule has 1 fully saturated rings. The van der Waals surface area contributed by atoms with Crippen molar-refractivity contribution in [1.29, 1.82) is 0 Å². The van der Waals surface area contributed by atoms with Crippen LogP contribution < -0.4 is 11.1 Å². The predicted molar refractivity (Wildman–Crippen MR) is 94.2 cm³/mol. The van der Waals surface area contributed by atoms with Gasteiger partial charge in [0.1, 0.15) is 0 Å². The lowest BCUT2D eigenvalue weighted by Gasteiger charge is -2.11. The Bertz CT molecular complexity index is 710. The van der Waals surface area contributed by atoms with Crippen LogP contribution in [0, 0.1) is 11.8 Å². The van der Waals surface area contributed by atoms with Crippen molar-refractivity contribution in [3.05, 3.63) is 60.2 Å². The molecule has 0 aliphatic heterocycles. The van der Waals surface area contributed by atoms with E-state index in [0.717, 1.165) is 30.4 Å². The Balaban J connectivity index is 1.55. The van der Waals surface area contributed by atoms with Gasteiger partial charge in [-0.3, -0.25) is 9.59 Å². The van der Waals surface area contributed by atoms with Gasteiger partial charge in [-0.1, -0.05) is 42.5 Å². The van der Waals surface area contributed by atoms with Gasteiger partial charge in [-0.2, -0.15) is 0 Å². The fourth-order valence-corrected chi connectivity index (χ4v) is 3.30. The first-order chi connectivity index (χ1) is 11.6. The van der Waals surface area contributed by atoms with Crippen LogP contribution in [0.25, 0.3) is 11.1 Å². The topological polar surface area (TPSA) is 72.2 Å². The maximum absolute atomic E-state index is 12.3. The van der Waals surface area contributed by atoms with E-state index in [1.165, 1.54) is 0 Å². The van der Waals surface area contributed by atoms with Crippen LogP contribution >= 0.6 is 0 Å². The summed E-state index contributed by atoms with van der Waals surface area (Å²) in [6, 6.07) is 17.7. The fraction of sp³-hybridized carbons (Fsp3) is 0.300. The fourth-order valence-electron chi connectivity index (χ4n) is 3.30. The molecule has 1 aliphatic carbocycles. The van der Waals surface area contributed by atoms with Crippen molar-refractivity contribution in [3.8, 4) is 11.1 Å². The van der Waals surface area contributed by atoms with Crippen molar-refractivity contribution in [2.24, 2.45) is 17.6 Å². The van der Waals surface area contributed by atoms with E-state index >= 15 is 0 Å². The Morgan fingerprint density at radius 2 is 1.62 bits per heavy atom. The molecule has 0 saturated heterocycles. The zero-order valence-corrected chi connectivity index (χ0v) is 13.6. The predicted octanol–water partition coefficient (Wildman–Crippen LogP) is 2.99. The van der Waals surface area contributed by atoms with Gasteiger partial charge in [-0.05, 0) is 48.4 Å². The zero-order valence-electron chi connectivity index (χ0n) is 13.6. The van der Waals surface area contributed by atoms with E-state index in [-0.39, 0.29) is 17.7 Å². The molecule has 0 aromatic heterocycles. The molecule has 0 radical (unpaired) electrons. The average Bonchev–Trinajstić information content (AvgIpc) is 3.10. The first kappa shape index (κ1) is 16.2. The Kier molecular flexibility index (Phi) is 4.94. The standard InChI is InChI=1S/C20H22N2O2/c21-19(23)18-7-6-14(12-18)13-22-20(24)17-10-8-16(9-11-17)15-4-2-1-3-5-15/h1-5,8-11,14,18H,6-7,12-13H2,(H2,21,23)(H,22,24). The highest BCUT2D eigenvalue weighted by atomic mass is 16.2. The van der Waals surface area contributed by atoms with Gasteiger partial charge in [-0.25, -0.2) is 0 Å². The van der Waals surface area contributed by atoms with Crippen LogP contribution in [0.4, 0.5) is 0 Å². The Labute approximate surface area is 142 Å². The van der Waals surface area contributed by atoms with Crippen LogP contribution in [0.1, 0.15) is 29.6 Å². The number of amides is 2. The molecule has 24 heavy (non-hydrogen) atoms. The first-order valence-electron chi connectivity index (χ1n) is 8.36. The molecular weight excluding hydrogens is 300 g/mol. The summed E-state index contributed by atoms with van der Waals surface area (Å²) in [5.41, 5.74) is 8.22. The molecule has 0 bridgehead atoms. The smallest absolute Gasteiger partial charge is 0.251 e. The van der Waals surface area contributed by atoms with Gasteiger partial charge in [0, 0.05) is 18.0 Å². The zero-order chi connectivity index (χ0) is 16.9. The van der Waals surface area contributed by atoms with E-state index in [0.29, 0.717) is 18.0 Å². The van der Waals surface area contributed by atoms with Crippen LogP contribution in [0.3, 0.4) is 0 Å². The van der Waals surface area contributed by atoms with Crippen molar-refractivity contribution in [2.45, 2.75) is 19.3 Å². The second-order valence-corrected chi connectivity index (χ2v) is 6.43. The van der Waals surface area contributed by atoms with Gasteiger partial charge in [0.2, 0.25) is 5.91 Å². The van der Waals surface area contributed by atoms with Crippen molar-refractivity contribution in [1.82, 2.24) is 5.32 Å². The average molecular weight is 322 g/mol. The van der Waals surface area contributed by atoms with Gasteiger partial charge in [0.15, 0.2) is 0 Å². The summed E-state index contributed by atoms with van der Waals surface area (Å²) < 4.78 is 0. The summed E-state index contributed by atoms with van der Waals surface area (Å²) in [6.07, 6.45) is 2.56. The number of benzene rings is 2. The maximum atomic E-state index is 12.3. The molecular formula is C20H22N2O2. The largest absolute Gasteiger partial charge is 0.369 e. The van der Waals surface area contributed by atoms with Crippen molar-refractivity contribution in [2.75, 3.05) is 6.54 Å². The number of primary amides is 1. The summed E-state index contributed by atoms with van der Waals surface area (Å²) in [4.78, 5) is 23.5. The Hall–Kier alpha value is -2.62. The van der Waals surface area contributed by atoms with Crippen LogP contribution in [0.15, 0.2) is 54.6 Å². The molecule has 1 aliphatic rings. The second-order valence-electron chi connectivity index (χ2n) is 6.43. The number of carbonyl (C=O) groups is 2. The van der Waals surface area contributed by atoms with Gasteiger partial charge in [-0.15, -0.1) is 0 Å². The number of hydrogen-bond donors (Lipinski definition) is 2. The lowest BCUT2D eigenvalue weighted by Crippen LogP contribution is -2.29. The lowest BCUT2D eigenvalue weighted by atomic mass is 10.0. The van der Waals surface area contributed by atoms with Crippen LogP contribution in [-0.2, 0) is 4.79 Å². The second kappa shape index (κ2) is 7.30. The highest BCUT2D eigenvalue weighted by molar-refractivity contribution is 5.94. The lowest BCUT2D eigenvalue weighted by molar-refractivity contribution is -0.121. The molecule has 3 N–H and O–H groups in total. The van der Waals surface area contributed by atoms with Gasteiger partial charge in [0.25, 0.3) is 5.91 Å². The molecule has 2 unspecified atom stereocenters. The molecule has 2 aromatic carbocycles. The molecule has 124 valence electrons. The number of rotatable bonds is 5. The molecule has 0 spiro atoms. The number of hydrogen-bond acceptors (Lipinski definition) is 2. The number of nitrogens with two attached hydrogens (primary N) is 1. The molecule has 1 saturated carbocycles. The molecule has 4 heteroatoms. The minimum atomic E-state index is -0.222. The molecule has 4 nitrogen and oxygen atoms in total. The summed E-state index contributed by atoms with van der Waals surface area (Å²) in [6.45, 7) is 0.600. The van der Waals surface area contributed by atoms with Crippen molar-refractivity contribution < 1.29 is 9.59 Å². The summed E-state index contributed by atoms with van der Waals surface area (Å²) >= 11 is 0. The molecule has 2 atom stereocenters. The van der Waals surface area contributed by atoms with E-state index in [1.807, 2.05) is 54.6 Å². The normalized spacial score (nSPS) is 19.8. The Morgan fingerprint density at radius 3 is 2.25 bits per heavy atom. The van der Waals surface area contributed by atoms with E-state index in [4.69, 9.17) is 5.73 Å². The van der Waals surface area contributed by atoms with E-state index in [1.54, 1.807) is 0 Å². The first-order valence-corrected chi connectivity index (χ1v) is 8.36. The molecule has 3 rings (SSSR count). The number of nitrogens with one attached hydrogen (secondary N) is 1. The maximum Gasteiger partial charge on any atom is 0.251 e. The monoisotopic (exact) mass is 322 g/mol. The molecule has 0 heterocycles. The summed E-state index contributed by atoms with van der Waals surface area (Å²) in [5.74, 6) is 0.0181. The summed E-state index contributed by atoms with van der Waals surface area (Å²) in [5, 5.41) is 2.97. The van der Waals surface area contributed by atoms with E-state index in [9.17, 15) is 9.59 Å². The highest BCUT2D eigenvalue weighted by Crippen LogP contribution is 2.30. The third-order valence-corrected chi connectivity index (χ3v) is 4.75. The SMILES string of the molecule is NC(=O)C1CCC(CNC(=O)c2ccc(-c3ccccc3)cc2)C1. The quantitative estimate of drug-likeness (QED) is 0.888. The summed E-state index contributed by atoms with van der Waals surface area (Å²) in [7, 11) is 0. The molecule has 2 amide bonds. The van der Waals surface area contributed by atoms with E-state index in [2.05, 4.69) is 5.32 Å². The Morgan fingerprint density at radius 1 is 0.958 bits per heavy atom.